The van der Waals surface area contributed by atoms with Crippen LogP contribution in [0.3, 0.4) is 0 Å². The van der Waals surface area contributed by atoms with Gasteiger partial charge < -0.3 is 0 Å². The number of hydrogen-bond donors (Lipinski definition) is 0. The minimum absolute atomic E-state index is 0.0293. The van der Waals surface area contributed by atoms with Crippen LogP contribution < -0.4 is 0 Å². The van der Waals surface area contributed by atoms with Gasteiger partial charge in [0.1, 0.15) is 4.75 Å². The van der Waals surface area contributed by atoms with Gasteiger partial charge in [-0.1, -0.05) is 20.8 Å². The lowest BCUT2D eigenvalue weighted by Gasteiger charge is -2.20. The first-order chi connectivity index (χ1) is 7.87. The lowest BCUT2D eigenvalue weighted by molar-refractivity contribution is 0.0958. The Morgan fingerprint density at radius 3 is 1.94 bits per heavy atom. The van der Waals surface area contributed by atoms with Crippen LogP contribution in [0.1, 0.15) is 49.2 Å². The second kappa shape index (κ2) is 4.46. The summed E-state index contributed by atoms with van der Waals surface area (Å²) in [5.41, 5.74) is -0.0293. The predicted molar refractivity (Wildman–Crippen MR) is 76.3 cm³/mol. The molecule has 0 radical (unpaired) electrons. The number of ketones is 1. The van der Waals surface area contributed by atoms with E-state index in [1.165, 1.54) is 25.2 Å². The van der Waals surface area contributed by atoms with Gasteiger partial charge in [0.25, 0.3) is 0 Å². The fourth-order valence-electron chi connectivity index (χ4n) is 1.33. The van der Waals surface area contributed by atoms with E-state index < -0.39 is 14.6 Å². The molecule has 0 N–H and O–H groups in total. The Morgan fingerprint density at radius 2 is 1.61 bits per heavy atom. The summed E-state index contributed by atoms with van der Waals surface area (Å²) in [6.45, 7) is 9.11. The Labute approximate surface area is 113 Å². The van der Waals surface area contributed by atoms with Gasteiger partial charge in [-0.3, -0.25) is 4.79 Å². The number of Topliss-reactive ketones (excluding diaryl/α,β-unsaturated/α-hetero) is 1. The van der Waals surface area contributed by atoms with E-state index in [2.05, 4.69) is 20.8 Å². The average molecular weight is 288 g/mol. The molecular weight excluding hydrogens is 268 g/mol. The SMILES string of the molecule is CC(C)(C)c1ccc(C(=O)C(C)(C)S(C)(=O)=O)s1. The van der Waals surface area contributed by atoms with Crippen molar-refractivity contribution in [1.29, 1.82) is 0 Å². The maximum atomic E-state index is 12.3. The van der Waals surface area contributed by atoms with Gasteiger partial charge in [0.05, 0.1) is 4.88 Å². The van der Waals surface area contributed by atoms with Crippen molar-refractivity contribution in [1.82, 2.24) is 0 Å². The molecule has 3 nitrogen and oxygen atoms in total. The molecule has 1 heterocycles. The molecule has 1 aromatic rings. The van der Waals surface area contributed by atoms with E-state index in [1.807, 2.05) is 6.07 Å². The summed E-state index contributed by atoms with van der Waals surface area (Å²) >= 11 is 1.38. The van der Waals surface area contributed by atoms with Gasteiger partial charge in [0, 0.05) is 11.1 Å². The van der Waals surface area contributed by atoms with E-state index in [9.17, 15) is 13.2 Å². The Morgan fingerprint density at radius 1 is 1.11 bits per heavy atom. The molecule has 0 amide bonds. The first kappa shape index (κ1) is 15.4. The smallest absolute Gasteiger partial charge is 0.193 e. The second-order valence-electron chi connectivity index (χ2n) is 6.03. The molecule has 0 unspecified atom stereocenters. The van der Waals surface area contributed by atoms with Crippen molar-refractivity contribution in [3.8, 4) is 0 Å². The van der Waals surface area contributed by atoms with E-state index >= 15 is 0 Å². The summed E-state index contributed by atoms with van der Waals surface area (Å²) in [5.74, 6) is -0.328. The van der Waals surface area contributed by atoms with Crippen molar-refractivity contribution in [2.24, 2.45) is 0 Å². The number of thiophene rings is 1. The Kier molecular flexibility index (Phi) is 3.81. The summed E-state index contributed by atoms with van der Waals surface area (Å²) in [5, 5.41) is 0. The maximum absolute atomic E-state index is 12.3. The highest BCUT2D eigenvalue weighted by Gasteiger charge is 2.39. The summed E-state index contributed by atoms with van der Waals surface area (Å²) in [6.07, 6.45) is 1.10. The van der Waals surface area contributed by atoms with Crippen LogP contribution in [0, 0.1) is 0 Å². The monoisotopic (exact) mass is 288 g/mol. The average Bonchev–Trinajstić information content (AvgIpc) is 2.62. The van der Waals surface area contributed by atoms with Gasteiger partial charge >= 0.3 is 0 Å². The number of carbonyl (C=O) groups is 1. The second-order valence-corrected chi connectivity index (χ2v) is 9.67. The zero-order valence-corrected chi connectivity index (χ0v) is 13.3. The molecule has 102 valence electrons. The van der Waals surface area contributed by atoms with Crippen molar-refractivity contribution in [2.75, 3.05) is 6.26 Å². The molecule has 1 rings (SSSR count). The quantitative estimate of drug-likeness (QED) is 0.803. The molecule has 0 aliphatic rings. The fourth-order valence-corrected chi connectivity index (χ4v) is 3.00. The molecule has 5 heteroatoms. The van der Waals surface area contributed by atoms with Gasteiger partial charge in [-0.25, -0.2) is 8.42 Å². The van der Waals surface area contributed by atoms with Gasteiger partial charge in [0.2, 0.25) is 0 Å². The van der Waals surface area contributed by atoms with Crippen LogP contribution >= 0.6 is 11.3 Å². The minimum atomic E-state index is -3.42. The maximum Gasteiger partial charge on any atom is 0.193 e. The third-order valence-electron chi connectivity index (χ3n) is 3.04. The van der Waals surface area contributed by atoms with Crippen molar-refractivity contribution >= 4 is 27.0 Å². The number of sulfone groups is 1. The standard InChI is InChI=1S/C13H20O3S2/c1-12(2,3)10-8-7-9(17-10)11(14)13(4,5)18(6,15)16/h7-8H,1-6H3. The summed E-state index contributed by atoms with van der Waals surface area (Å²) in [6, 6.07) is 3.62. The molecule has 0 aromatic carbocycles. The summed E-state index contributed by atoms with van der Waals surface area (Å²) in [4.78, 5) is 13.9. The molecule has 0 bridgehead atoms. The predicted octanol–water partition coefficient (Wildman–Crippen LogP) is 3.05. The summed E-state index contributed by atoms with van der Waals surface area (Å²) in [7, 11) is -3.42. The van der Waals surface area contributed by atoms with E-state index in [0.29, 0.717) is 4.88 Å². The van der Waals surface area contributed by atoms with Gasteiger partial charge in [-0.15, -0.1) is 11.3 Å². The molecule has 0 aliphatic carbocycles. The van der Waals surface area contributed by atoms with Gasteiger partial charge in [-0.05, 0) is 31.4 Å². The highest BCUT2D eigenvalue weighted by molar-refractivity contribution is 7.92. The van der Waals surface area contributed by atoms with Crippen LogP contribution in [-0.4, -0.2) is 25.2 Å². The van der Waals surface area contributed by atoms with Crippen LogP contribution in [0.5, 0.6) is 0 Å². The normalized spacial score (nSPS) is 13.7. The largest absolute Gasteiger partial charge is 0.292 e. The first-order valence-corrected chi connectivity index (χ1v) is 8.43. The molecule has 18 heavy (non-hydrogen) atoms. The van der Waals surface area contributed by atoms with Crippen LogP contribution in [0.2, 0.25) is 0 Å². The molecule has 0 fully saturated rings. The third-order valence-corrected chi connectivity index (χ3v) is 6.59. The Bertz CT molecular complexity index is 557. The zero-order valence-electron chi connectivity index (χ0n) is 11.7. The van der Waals surface area contributed by atoms with Crippen LogP contribution in [0.15, 0.2) is 12.1 Å². The lowest BCUT2D eigenvalue weighted by atomic mass is 9.95. The minimum Gasteiger partial charge on any atom is -0.292 e. The van der Waals surface area contributed by atoms with Crippen LogP contribution in [-0.2, 0) is 15.3 Å². The first-order valence-electron chi connectivity index (χ1n) is 5.72. The Hall–Kier alpha value is -0.680. The molecular formula is C13H20O3S2. The molecule has 0 aliphatic heterocycles. The van der Waals surface area contributed by atoms with E-state index in [1.54, 1.807) is 6.07 Å². The Balaban J connectivity index is 3.18. The summed E-state index contributed by atoms with van der Waals surface area (Å²) < 4.78 is 21.9. The molecule has 0 spiro atoms. The topological polar surface area (TPSA) is 51.2 Å². The van der Waals surface area contributed by atoms with E-state index in [-0.39, 0.29) is 11.2 Å². The highest BCUT2D eigenvalue weighted by atomic mass is 32.2. The zero-order chi connectivity index (χ0) is 14.4. The number of rotatable bonds is 3. The third kappa shape index (κ3) is 2.83. The molecule has 0 atom stereocenters. The number of carbonyl (C=O) groups excluding carboxylic acids is 1. The van der Waals surface area contributed by atoms with Crippen LogP contribution in [0.25, 0.3) is 0 Å². The van der Waals surface area contributed by atoms with Gasteiger partial charge in [-0.2, -0.15) is 0 Å². The van der Waals surface area contributed by atoms with Crippen molar-refractivity contribution in [3.63, 3.8) is 0 Å². The van der Waals surface area contributed by atoms with Crippen molar-refractivity contribution in [3.05, 3.63) is 21.9 Å². The fraction of sp³-hybridized carbons (Fsp3) is 0.615. The number of hydrogen-bond acceptors (Lipinski definition) is 4. The molecule has 1 aromatic heterocycles. The lowest BCUT2D eigenvalue weighted by Crippen LogP contribution is -2.39. The van der Waals surface area contributed by atoms with Crippen LogP contribution in [0.4, 0.5) is 0 Å². The molecule has 0 saturated heterocycles. The molecule has 0 saturated carbocycles. The van der Waals surface area contributed by atoms with Gasteiger partial charge in [0.15, 0.2) is 15.6 Å². The van der Waals surface area contributed by atoms with E-state index in [4.69, 9.17) is 0 Å². The van der Waals surface area contributed by atoms with Crippen molar-refractivity contribution < 1.29 is 13.2 Å². The van der Waals surface area contributed by atoms with Crippen molar-refractivity contribution in [2.45, 2.75) is 44.8 Å². The van der Waals surface area contributed by atoms with E-state index in [0.717, 1.165) is 11.1 Å². The highest BCUT2D eigenvalue weighted by Crippen LogP contribution is 2.32.